The van der Waals surface area contributed by atoms with Crippen molar-refractivity contribution in [3.8, 4) is 0 Å². The fraction of sp³-hybridized carbons (Fsp3) is 0.667. The van der Waals surface area contributed by atoms with Gasteiger partial charge in [0.05, 0.1) is 17.3 Å². The number of hydrogen-bond donors (Lipinski definition) is 0. The summed E-state index contributed by atoms with van der Waals surface area (Å²) in [6, 6.07) is 1.51. The molecule has 0 radical (unpaired) electrons. The van der Waals surface area contributed by atoms with Crippen molar-refractivity contribution in [2.75, 3.05) is 30.4 Å². The predicted octanol–water partition coefficient (Wildman–Crippen LogP) is 1.54. The van der Waals surface area contributed by atoms with Crippen LogP contribution >= 0.6 is 11.8 Å². The number of hydrogen-bond acceptors (Lipinski definition) is 8. The van der Waals surface area contributed by atoms with Crippen molar-refractivity contribution in [1.29, 1.82) is 0 Å². The van der Waals surface area contributed by atoms with E-state index in [0.717, 1.165) is 36.0 Å². The summed E-state index contributed by atoms with van der Waals surface area (Å²) in [7, 11) is -3.10. The minimum absolute atomic E-state index is 0.00292. The van der Waals surface area contributed by atoms with Crippen LogP contribution in [0.2, 0.25) is 0 Å². The number of thioether (sulfide) groups is 1. The number of ether oxygens (including phenoxy) is 1. The van der Waals surface area contributed by atoms with E-state index in [0.29, 0.717) is 18.1 Å². The van der Waals surface area contributed by atoms with E-state index in [-0.39, 0.29) is 35.8 Å². The zero-order chi connectivity index (χ0) is 20.7. The molecule has 0 bridgehead atoms. The Bertz CT molecular complexity index is 793. The van der Waals surface area contributed by atoms with E-state index < -0.39 is 15.8 Å². The van der Waals surface area contributed by atoms with E-state index >= 15 is 0 Å². The number of carbonyl (C=O) groups is 2. The zero-order valence-corrected chi connectivity index (χ0v) is 18.1. The van der Waals surface area contributed by atoms with Crippen LogP contribution in [-0.2, 0) is 24.2 Å². The van der Waals surface area contributed by atoms with Gasteiger partial charge in [-0.15, -0.1) is 0 Å². The monoisotopic (exact) mass is 429 g/mol. The van der Waals surface area contributed by atoms with Crippen LogP contribution in [0.1, 0.15) is 37.6 Å². The van der Waals surface area contributed by atoms with Crippen molar-refractivity contribution >= 4 is 33.5 Å². The second-order valence-corrected chi connectivity index (χ2v) is 10.1. The molecule has 1 aliphatic rings. The van der Waals surface area contributed by atoms with Gasteiger partial charge in [-0.05, 0) is 32.8 Å². The van der Waals surface area contributed by atoms with E-state index in [1.807, 2.05) is 26.8 Å². The topological polar surface area (TPSA) is 107 Å². The number of aromatic nitrogens is 2. The minimum atomic E-state index is -3.10. The smallest absolute Gasteiger partial charge is 0.316 e. The molecule has 1 aliphatic heterocycles. The molecule has 0 spiro atoms. The lowest BCUT2D eigenvalue weighted by Gasteiger charge is -2.28. The van der Waals surface area contributed by atoms with Crippen molar-refractivity contribution in [1.82, 2.24) is 14.9 Å². The summed E-state index contributed by atoms with van der Waals surface area (Å²) in [5.41, 5.74) is 1.63. The maximum Gasteiger partial charge on any atom is 0.316 e. The summed E-state index contributed by atoms with van der Waals surface area (Å²) in [6.07, 6.45) is 2.09. The third-order valence-corrected chi connectivity index (χ3v) is 6.93. The maximum absolute atomic E-state index is 12.5. The highest BCUT2D eigenvalue weighted by Crippen LogP contribution is 2.19. The third kappa shape index (κ3) is 7.05. The van der Waals surface area contributed by atoms with Gasteiger partial charge in [-0.3, -0.25) is 9.59 Å². The van der Waals surface area contributed by atoms with Crippen molar-refractivity contribution in [3.63, 3.8) is 0 Å². The average Bonchev–Trinajstić information content (AvgIpc) is 2.97. The number of amides is 1. The summed E-state index contributed by atoms with van der Waals surface area (Å²) in [5, 5.41) is 0.488. The van der Waals surface area contributed by atoms with Gasteiger partial charge in [-0.1, -0.05) is 25.1 Å². The Hall–Kier alpha value is -1.68. The molecule has 2 rings (SSSR count). The van der Waals surface area contributed by atoms with Gasteiger partial charge in [0.25, 0.3) is 5.91 Å². The number of rotatable bonds is 9. The summed E-state index contributed by atoms with van der Waals surface area (Å²) in [6.45, 7) is 5.79. The second kappa shape index (κ2) is 10.2. The molecule has 2 heterocycles. The normalized spacial score (nSPS) is 18.0. The van der Waals surface area contributed by atoms with Gasteiger partial charge in [-0.25, -0.2) is 18.4 Å². The van der Waals surface area contributed by atoms with Crippen molar-refractivity contribution in [2.24, 2.45) is 0 Å². The van der Waals surface area contributed by atoms with E-state index in [2.05, 4.69) is 9.97 Å². The standard InChI is InChI=1S/C18H27N3O5S2/c1-4-5-7-21(15-6-8-28(24,25)12-15)16(22)10-26-17(23)11-27-18-19-13(2)9-14(3)20-18/h9,15H,4-8,10-12H2,1-3H3. The molecule has 28 heavy (non-hydrogen) atoms. The molecule has 1 unspecified atom stereocenters. The lowest BCUT2D eigenvalue weighted by molar-refractivity contribution is -0.150. The molecular weight excluding hydrogens is 402 g/mol. The first-order valence-electron chi connectivity index (χ1n) is 9.31. The highest BCUT2D eigenvalue weighted by molar-refractivity contribution is 7.99. The molecule has 1 saturated heterocycles. The zero-order valence-electron chi connectivity index (χ0n) is 16.5. The van der Waals surface area contributed by atoms with Crippen molar-refractivity contribution in [2.45, 2.75) is 51.2 Å². The maximum atomic E-state index is 12.5. The van der Waals surface area contributed by atoms with E-state index in [1.165, 1.54) is 0 Å². The average molecular weight is 430 g/mol. The van der Waals surface area contributed by atoms with Crippen LogP contribution in [0.25, 0.3) is 0 Å². The number of esters is 1. The lowest BCUT2D eigenvalue weighted by atomic mass is 10.2. The van der Waals surface area contributed by atoms with Crippen LogP contribution in [0.4, 0.5) is 0 Å². The number of aryl methyl sites for hydroxylation is 2. The molecular formula is C18H27N3O5S2. The Labute approximate surface area is 170 Å². The molecule has 1 atom stereocenters. The Morgan fingerprint density at radius 2 is 1.96 bits per heavy atom. The Kier molecular flexibility index (Phi) is 8.23. The third-order valence-electron chi connectivity index (χ3n) is 4.36. The van der Waals surface area contributed by atoms with Crippen LogP contribution in [0.15, 0.2) is 11.2 Å². The molecule has 1 amide bonds. The van der Waals surface area contributed by atoms with Gasteiger partial charge in [0.1, 0.15) is 0 Å². The SMILES string of the molecule is CCCCN(C(=O)COC(=O)CSc1nc(C)cc(C)n1)C1CCS(=O)(=O)C1. The molecule has 0 N–H and O–H groups in total. The number of unbranched alkanes of at least 4 members (excludes halogenated alkanes) is 1. The molecule has 1 fully saturated rings. The fourth-order valence-electron chi connectivity index (χ4n) is 3.01. The van der Waals surface area contributed by atoms with Crippen LogP contribution in [-0.4, -0.2) is 71.6 Å². The molecule has 0 saturated carbocycles. The number of carbonyl (C=O) groups excluding carboxylic acids is 2. The second-order valence-electron chi connectivity index (χ2n) is 6.88. The highest BCUT2D eigenvalue weighted by atomic mass is 32.2. The van der Waals surface area contributed by atoms with E-state index in [1.54, 1.807) is 4.90 Å². The van der Waals surface area contributed by atoms with Gasteiger partial charge in [0.2, 0.25) is 0 Å². The number of sulfone groups is 1. The van der Waals surface area contributed by atoms with Crippen LogP contribution in [0, 0.1) is 13.8 Å². The van der Waals surface area contributed by atoms with Crippen molar-refractivity contribution < 1.29 is 22.7 Å². The van der Waals surface area contributed by atoms with Gasteiger partial charge >= 0.3 is 5.97 Å². The number of nitrogens with zero attached hydrogens (tertiary/aromatic N) is 3. The lowest BCUT2D eigenvalue weighted by Crippen LogP contribution is -2.44. The molecule has 1 aromatic heterocycles. The van der Waals surface area contributed by atoms with Gasteiger partial charge < -0.3 is 9.64 Å². The first-order valence-corrected chi connectivity index (χ1v) is 12.1. The van der Waals surface area contributed by atoms with Crippen LogP contribution in [0.3, 0.4) is 0 Å². The largest absolute Gasteiger partial charge is 0.455 e. The quantitative estimate of drug-likeness (QED) is 0.331. The van der Waals surface area contributed by atoms with Gasteiger partial charge in [0.15, 0.2) is 21.6 Å². The van der Waals surface area contributed by atoms with Gasteiger partial charge in [0, 0.05) is 24.0 Å². The van der Waals surface area contributed by atoms with Crippen LogP contribution in [0.5, 0.6) is 0 Å². The summed E-state index contributed by atoms with van der Waals surface area (Å²) in [5.74, 6) is -0.800. The molecule has 0 aromatic carbocycles. The highest BCUT2D eigenvalue weighted by Gasteiger charge is 2.34. The molecule has 0 aliphatic carbocycles. The fourth-order valence-corrected chi connectivity index (χ4v) is 5.49. The molecule has 10 heteroatoms. The summed E-state index contributed by atoms with van der Waals surface area (Å²) in [4.78, 5) is 34.6. The molecule has 156 valence electrons. The van der Waals surface area contributed by atoms with Gasteiger partial charge in [-0.2, -0.15) is 0 Å². The van der Waals surface area contributed by atoms with E-state index in [4.69, 9.17) is 4.74 Å². The Morgan fingerprint density at radius 1 is 1.29 bits per heavy atom. The van der Waals surface area contributed by atoms with Crippen LogP contribution < -0.4 is 0 Å². The predicted molar refractivity (Wildman–Crippen MR) is 107 cm³/mol. The first kappa shape index (κ1) is 22.6. The molecule has 8 nitrogen and oxygen atoms in total. The van der Waals surface area contributed by atoms with Crippen molar-refractivity contribution in [3.05, 3.63) is 17.5 Å². The Morgan fingerprint density at radius 3 is 2.54 bits per heavy atom. The Balaban J connectivity index is 1.85. The van der Waals surface area contributed by atoms with E-state index in [9.17, 15) is 18.0 Å². The molecule has 1 aromatic rings. The first-order chi connectivity index (χ1) is 13.2. The summed E-state index contributed by atoms with van der Waals surface area (Å²) >= 11 is 1.15. The minimum Gasteiger partial charge on any atom is -0.455 e. The summed E-state index contributed by atoms with van der Waals surface area (Å²) < 4.78 is 28.6.